The van der Waals surface area contributed by atoms with Gasteiger partial charge in [0.05, 0.1) is 19.8 Å². The predicted octanol–water partition coefficient (Wildman–Crippen LogP) is 3.03. The van der Waals surface area contributed by atoms with Gasteiger partial charge < -0.3 is 20.3 Å². The van der Waals surface area contributed by atoms with Gasteiger partial charge in [-0.25, -0.2) is 0 Å². The molecule has 1 aromatic carbocycles. The normalized spacial score (nSPS) is 13.3. The van der Waals surface area contributed by atoms with Crippen LogP contribution in [0.4, 0.5) is 22.0 Å². The average Bonchev–Trinajstić information content (AvgIpc) is 2.35. The van der Waals surface area contributed by atoms with Crippen molar-refractivity contribution in [3.8, 4) is 17.2 Å². The number of benzene rings is 1. The van der Waals surface area contributed by atoms with Gasteiger partial charge in [0.1, 0.15) is 23.3 Å². The van der Waals surface area contributed by atoms with Crippen molar-refractivity contribution in [2.45, 2.75) is 18.1 Å². The number of nitrogens with two attached hydrogens (primary N) is 1. The monoisotopic (exact) mass is 337 g/mol. The molecule has 0 saturated heterocycles. The van der Waals surface area contributed by atoms with Crippen molar-refractivity contribution in [3.05, 3.63) is 17.7 Å². The van der Waals surface area contributed by atoms with Crippen LogP contribution in [0.25, 0.3) is 0 Å². The molecule has 1 atom stereocenters. The first-order chi connectivity index (χ1) is 9.06. The molecule has 4 nitrogen and oxygen atoms in total. The maximum Gasteiger partial charge on any atom is 0.455 e. The Morgan fingerprint density at radius 3 is 1.71 bits per heavy atom. The Morgan fingerprint density at radius 1 is 1.05 bits per heavy atom. The van der Waals surface area contributed by atoms with Gasteiger partial charge in [-0.3, -0.25) is 0 Å². The Bertz CT molecular complexity index is 470. The highest BCUT2D eigenvalue weighted by atomic mass is 35.5. The van der Waals surface area contributed by atoms with E-state index in [1.165, 1.54) is 0 Å². The number of aromatic hydroxyl groups is 1. The first kappa shape index (κ1) is 19.5. The maximum atomic E-state index is 13.3. The second-order valence-corrected chi connectivity index (χ2v) is 3.86. The van der Waals surface area contributed by atoms with E-state index in [0.29, 0.717) is 0 Å². The molecule has 0 aromatic heterocycles. The average molecular weight is 338 g/mol. The molecular formula is C11H13ClF5NO3. The lowest BCUT2D eigenvalue weighted by molar-refractivity contribution is -0.291. The number of hydrogen-bond donors (Lipinski definition) is 2. The summed E-state index contributed by atoms with van der Waals surface area (Å²) in [6.45, 7) is 0. The topological polar surface area (TPSA) is 64.7 Å². The molecule has 0 aliphatic heterocycles. The molecule has 3 N–H and O–H groups in total. The Labute approximate surface area is 123 Å². The molecule has 0 bridgehead atoms. The van der Waals surface area contributed by atoms with Crippen molar-refractivity contribution in [1.82, 2.24) is 0 Å². The number of phenolic OH excluding ortho intramolecular Hbond substituents is 1. The van der Waals surface area contributed by atoms with Gasteiger partial charge in [-0.2, -0.15) is 22.0 Å². The van der Waals surface area contributed by atoms with Crippen LogP contribution in [0.2, 0.25) is 0 Å². The zero-order valence-corrected chi connectivity index (χ0v) is 11.7. The van der Waals surface area contributed by atoms with E-state index in [9.17, 15) is 27.1 Å². The van der Waals surface area contributed by atoms with Gasteiger partial charge in [-0.05, 0) is 0 Å². The van der Waals surface area contributed by atoms with Crippen molar-refractivity contribution >= 4 is 12.4 Å². The molecule has 21 heavy (non-hydrogen) atoms. The van der Waals surface area contributed by atoms with Gasteiger partial charge in [-0.1, -0.05) is 0 Å². The fourth-order valence-electron chi connectivity index (χ4n) is 1.59. The van der Waals surface area contributed by atoms with Crippen molar-refractivity contribution in [2.75, 3.05) is 14.2 Å². The van der Waals surface area contributed by atoms with E-state index in [1.54, 1.807) is 0 Å². The maximum absolute atomic E-state index is 13.3. The third-order valence-electron chi connectivity index (χ3n) is 2.61. The standard InChI is InChI=1S/C11H12F5NO3.ClH/c1-19-6-3-5(18)4-7(20-2)8(6)9(17)10(12,13)11(14,15)16;/h3-4,9,18H,17H2,1-2H3;1H/t9-;/m1./s1. The summed E-state index contributed by atoms with van der Waals surface area (Å²) < 4.78 is 73.1. The quantitative estimate of drug-likeness (QED) is 0.829. The zero-order chi connectivity index (χ0) is 15.7. The molecule has 0 unspecified atom stereocenters. The second-order valence-electron chi connectivity index (χ2n) is 3.86. The van der Waals surface area contributed by atoms with E-state index in [4.69, 9.17) is 5.73 Å². The molecule has 0 amide bonds. The molecule has 0 saturated carbocycles. The summed E-state index contributed by atoms with van der Waals surface area (Å²) in [5, 5.41) is 9.31. The number of hydrogen-bond acceptors (Lipinski definition) is 4. The Morgan fingerprint density at radius 2 is 1.43 bits per heavy atom. The van der Waals surface area contributed by atoms with Crippen molar-refractivity contribution in [3.63, 3.8) is 0 Å². The molecular weight excluding hydrogens is 325 g/mol. The van der Waals surface area contributed by atoms with E-state index in [-0.39, 0.29) is 12.4 Å². The zero-order valence-electron chi connectivity index (χ0n) is 10.9. The fourth-order valence-corrected chi connectivity index (χ4v) is 1.59. The number of methoxy groups -OCH3 is 2. The van der Waals surface area contributed by atoms with Crippen molar-refractivity contribution < 1.29 is 36.5 Å². The van der Waals surface area contributed by atoms with Gasteiger partial charge in [0.15, 0.2) is 0 Å². The van der Waals surface area contributed by atoms with Gasteiger partial charge in [0.2, 0.25) is 0 Å². The fraction of sp³-hybridized carbons (Fsp3) is 0.455. The Hall–Kier alpha value is -1.48. The number of rotatable bonds is 4. The minimum Gasteiger partial charge on any atom is -0.508 e. The van der Waals surface area contributed by atoms with Gasteiger partial charge >= 0.3 is 12.1 Å². The van der Waals surface area contributed by atoms with Gasteiger partial charge in [0, 0.05) is 12.1 Å². The van der Waals surface area contributed by atoms with Crippen LogP contribution >= 0.6 is 12.4 Å². The number of halogens is 6. The molecule has 0 heterocycles. The van der Waals surface area contributed by atoms with Crippen LogP contribution in [-0.4, -0.2) is 31.4 Å². The molecule has 0 fully saturated rings. The summed E-state index contributed by atoms with van der Waals surface area (Å²) in [7, 11) is 2.08. The van der Waals surface area contributed by atoms with Gasteiger partial charge in [-0.15, -0.1) is 12.4 Å². The summed E-state index contributed by atoms with van der Waals surface area (Å²) in [6.07, 6.45) is -5.83. The minimum atomic E-state index is -5.83. The SMILES string of the molecule is COc1cc(O)cc(OC)c1[C@@H](N)C(F)(F)C(F)(F)F.Cl. The number of phenols is 1. The lowest BCUT2D eigenvalue weighted by Gasteiger charge is -2.28. The third kappa shape index (κ3) is 3.59. The van der Waals surface area contributed by atoms with Crippen LogP contribution in [0.15, 0.2) is 12.1 Å². The van der Waals surface area contributed by atoms with Crippen LogP contribution in [-0.2, 0) is 0 Å². The third-order valence-corrected chi connectivity index (χ3v) is 2.61. The number of alkyl halides is 5. The highest BCUT2D eigenvalue weighted by Crippen LogP contribution is 2.48. The van der Waals surface area contributed by atoms with E-state index >= 15 is 0 Å². The molecule has 0 aliphatic rings. The molecule has 0 aliphatic carbocycles. The molecule has 1 rings (SSSR count). The van der Waals surface area contributed by atoms with Crippen molar-refractivity contribution in [2.24, 2.45) is 5.73 Å². The first-order valence-corrected chi connectivity index (χ1v) is 5.21. The molecule has 1 aromatic rings. The van der Waals surface area contributed by atoms with Crippen LogP contribution in [0.3, 0.4) is 0 Å². The summed E-state index contributed by atoms with van der Waals surface area (Å²) in [6, 6.07) is -1.01. The predicted molar refractivity (Wildman–Crippen MR) is 66.4 cm³/mol. The first-order valence-electron chi connectivity index (χ1n) is 5.21. The highest BCUT2D eigenvalue weighted by molar-refractivity contribution is 5.85. The van der Waals surface area contributed by atoms with Gasteiger partial charge in [0.25, 0.3) is 0 Å². The minimum absolute atomic E-state index is 0. The molecule has 10 heteroatoms. The smallest absolute Gasteiger partial charge is 0.455 e. The van der Waals surface area contributed by atoms with E-state index in [2.05, 4.69) is 9.47 Å². The largest absolute Gasteiger partial charge is 0.508 e. The number of ether oxygens (including phenoxy) is 2. The van der Waals surface area contributed by atoms with Crippen LogP contribution in [0.1, 0.15) is 11.6 Å². The van der Waals surface area contributed by atoms with Crippen LogP contribution in [0.5, 0.6) is 17.2 Å². The van der Waals surface area contributed by atoms with Crippen LogP contribution < -0.4 is 15.2 Å². The summed E-state index contributed by atoms with van der Waals surface area (Å²) in [5.41, 5.74) is 4.37. The molecule has 0 spiro atoms. The lowest BCUT2D eigenvalue weighted by atomic mass is 9.98. The van der Waals surface area contributed by atoms with Crippen molar-refractivity contribution in [1.29, 1.82) is 0 Å². The van der Waals surface area contributed by atoms with E-state index in [1.807, 2.05) is 0 Å². The molecule has 122 valence electrons. The summed E-state index contributed by atoms with van der Waals surface area (Å²) in [4.78, 5) is 0. The van der Waals surface area contributed by atoms with E-state index < -0.39 is 41.0 Å². The lowest BCUT2D eigenvalue weighted by Crippen LogP contribution is -2.46. The summed E-state index contributed by atoms with van der Waals surface area (Å²) >= 11 is 0. The Balaban J connectivity index is 0.00000400. The summed E-state index contributed by atoms with van der Waals surface area (Å²) in [5.74, 6) is -6.48. The molecule has 0 radical (unpaired) electrons. The highest BCUT2D eigenvalue weighted by Gasteiger charge is 2.62. The van der Waals surface area contributed by atoms with Crippen LogP contribution in [0, 0.1) is 0 Å². The second kappa shape index (κ2) is 6.52. The van der Waals surface area contributed by atoms with E-state index in [0.717, 1.165) is 26.4 Å². The Kier molecular flexibility index (Phi) is 6.06.